The molecule has 0 radical (unpaired) electrons. The van der Waals surface area contributed by atoms with Gasteiger partial charge < -0.3 is 14.6 Å². The highest BCUT2D eigenvalue weighted by molar-refractivity contribution is 9.10. The Hall–Kier alpha value is -0.580. The number of hydrogen-bond donors (Lipinski definition) is 1. The second-order valence-electron chi connectivity index (χ2n) is 4.79. The molecule has 0 saturated heterocycles. The maximum absolute atomic E-state index is 10.1. The molecular formula is C14H19BrO3. The fraction of sp³-hybridized carbons (Fsp3) is 0.571. The summed E-state index contributed by atoms with van der Waals surface area (Å²) < 4.78 is 11.9. The van der Waals surface area contributed by atoms with Gasteiger partial charge in [0.2, 0.25) is 0 Å². The van der Waals surface area contributed by atoms with Gasteiger partial charge in [0, 0.05) is 24.4 Å². The first kappa shape index (κ1) is 13.8. The second kappa shape index (κ2) is 6.04. The van der Waals surface area contributed by atoms with E-state index in [1.54, 1.807) is 7.11 Å². The fourth-order valence-electron chi connectivity index (χ4n) is 2.31. The number of hydrogen-bond acceptors (Lipinski definition) is 3. The van der Waals surface area contributed by atoms with Crippen LogP contribution in [0.15, 0.2) is 16.6 Å². The number of halogens is 1. The largest absolute Gasteiger partial charge is 0.493 e. The average Bonchev–Trinajstić information content (AvgIpc) is 2.76. The summed E-state index contributed by atoms with van der Waals surface area (Å²) in [6.45, 7) is 2.70. The number of fused-ring (bicyclic) bond motifs is 1. The molecule has 0 saturated carbocycles. The molecule has 1 aliphatic rings. The van der Waals surface area contributed by atoms with E-state index in [9.17, 15) is 5.11 Å². The van der Waals surface area contributed by atoms with Crippen molar-refractivity contribution in [3.8, 4) is 5.75 Å². The van der Waals surface area contributed by atoms with E-state index < -0.39 is 6.10 Å². The van der Waals surface area contributed by atoms with Crippen molar-refractivity contribution in [1.82, 2.24) is 0 Å². The number of benzene rings is 1. The molecule has 0 spiro atoms. The van der Waals surface area contributed by atoms with Crippen molar-refractivity contribution >= 4 is 15.9 Å². The number of aliphatic hydroxyl groups is 1. The first-order chi connectivity index (χ1) is 8.60. The van der Waals surface area contributed by atoms with E-state index in [1.807, 2.05) is 13.0 Å². The average molecular weight is 315 g/mol. The van der Waals surface area contributed by atoms with E-state index in [2.05, 4.69) is 22.0 Å². The van der Waals surface area contributed by atoms with Crippen molar-refractivity contribution < 1.29 is 14.6 Å². The summed E-state index contributed by atoms with van der Waals surface area (Å²) in [5, 5.41) is 10.1. The Kier molecular flexibility index (Phi) is 4.65. The van der Waals surface area contributed by atoms with Crippen molar-refractivity contribution in [1.29, 1.82) is 0 Å². The van der Waals surface area contributed by atoms with E-state index in [4.69, 9.17) is 9.47 Å². The lowest BCUT2D eigenvalue weighted by Gasteiger charge is -2.17. The number of aliphatic hydroxyl groups excluding tert-OH is 1. The van der Waals surface area contributed by atoms with E-state index in [-0.39, 0.29) is 6.10 Å². The van der Waals surface area contributed by atoms with E-state index >= 15 is 0 Å². The van der Waals surface area contributed by atoms with Gasteiger partial charge in [0.1, 0.15) is 5.75 Å². The van der Waals surface area contributed by atoms with Crippen molar-refractivity contribution in [2.45, 2.75) is 38.4 Å². The highest BCUT2D eigenvalue weighted by Crippen LogP contribution is 2.34. The monoisotopic (exact) mass is 314 g/mol. The molecule has 0 aromatic heterocycles. The molecule has 0 fully saturated rings. The maximum Gasteiger partial charge on any atom is 0.125 e. The molecule has 1 N–H and O–H groups in total. The van der Waals surface area contributed by atoms with Crippen LogP contribution in [-0.2, 0) is 17.6 Å². The third-order valence-electron chi connectivity index (χ3n) is 3.29. The van der Waals surface area contributed by atoms with Gasteiger partial charge in [0.25, 0.3) is 0 Å². The van der Waals surface area contributed by atoms with Crippen LogP contribution in [0.5, 0.6) is 5.75 Å². The smallest absolute Gasteiger partial charge is 0.125 e. The molecule has 0 bridgehead atoms. The Labute approximate surface area is 116 Å². The third-order valence-corrected chi connectivity index (χ3v) is 3.75. The fourth-order valence-corrected chi connectivity index (χ4v) is 2.87. The molecule has 2 rings (SSSR count). The lowest BCUT2D eigenvalue weighted by molar-refractivity contribution is 0.0563. The molecule has 1 heterocycles. The molecule has 1 aromatic carbocycles. The zero-order valence-corrected chi connectivity index (χ0v) is 12.4. The summed E-state index contributed by atoms with van der Waals surface area (Å²) in [6.07, 6.45) is 1.86. The zero-order valence-electron chi connectivity index (χ0n) is 10.8. The molecule has 18 heavy (non-hydrogen) atoms. The Morgan fingerprint density at radius 2 is 2.28 bits per heavy atom. The first-order valence-electron chi connectivity index (χ1n) is 6.25. The van der Waals surface area contributed by atoms with Crippen molar-refractivity contribution in [2.24, 2.45) is 0 Å². The van der Waals surface area contributed by atoms with Gasteiger partial charge in [-0.2, -0.15) is 0 Å². The molecule has 2 unspecified atom stereocenters. The van der Waals surface area contributed by atoms with Crippen molar-refractivity contribution in [3.63, 3.8) is 0 Å². The normalized spacial score (nSPS) is 17.1. The zero-order chi connectivity index (χ0) is 13.1. The van der Waals surface area contributed by atoms with Crippen LogP contribution < -0.4 is 4.74 Å². The minimum Gasteiger partial charge on any atom is -0.493 e. The Balaban J connectivity index is 2.09. The number of rotatable bonds is 5. The predicted octanol–water partition coefficient (Wildman–Crippen LogP) is 2.71. The topological polar surface area (TPSA) is 38.7 Å². The Bertz CT molecular complexity index is 420. The highest BCUT2D eigenvalue weighted by atomic mass is 79.9. The van der Waals surface area contributed by atoms with Gasteiger partial charge in [0.05, 0.1) is 18.8 Å². The predicted molar refractivity (Wildman–Crippen MR) is 74.1 cm³/mol. The highest BCUT2D eigenvalue weighted by Gasteiger charge is 2.20. The minimum atomic E-state index is -0.400. The van der Waals surface area contributed by atoms with Gasteiger partial charge in [-0.15, -0.1) is 0 Å². The van der Waals surface area contributed by atoms with Crippen LogP contribution in [0.1, 0.15) is 24.5 Å². The molecule has 4 heteroatoms. The third kappa shape index (κ3) is 3.25. The van der Waals surface area contributed by atoms with Gasteiger partial charge in [-0.3, -0.25) is 0 Å². The quantitative estimate of drug-likeness (QED) is 0.908. The molecule has 100 valence electrons. The van der Waals surface area contributed by atoms with Crippen LogP contribution in [0.2, 0.25) is 0 Å². The minimum absolute atomic E-state index is 0.0705. The van der Waals surface area contributed by atoms with Crippen LogP contribution >= 0.6 is 15.9 Å². The van der Waals surface area contributed by atoms with Gasteiger partial charge in [-0.1, -0.05) is 15.9 Å². The Morgan fingerprint density at radius 3 is 3.00 bits per heavy atom. The van der Waals surface area contributed by atoms with E-state index in [0.717, 1.165) is 28.8 Å². The molecule has 1 aromatic rings. The molecule has 3 nitrogen and oxygen atoms in total. The summed E-state index contributed by atoms with van der Waals surface area (Å²) in [4.78, 5) is 0. The van der Waals surface area contributed by atoms with Crippen LogP contribution in [0.4, 0.5) is 0 Å². The molecular weight excluding hydrogens is 296 g/mol. The summed E-state index contributed by atoms with van der Waals surface area (Å²) in [7, 11) is 1.66. The van der Waals surface area contributed by atoms with Gasteiger partial charge in [-0.05, 0) is 36.6 Å². The Morgan fingerprint density at radius 1 is 1.50 bits per heavy atom. The summed E-state index contributed by atoms with van der Waals surface area (Å²) in [5.41, 5.74) is 2.30. The van der Waals surface area contributed by atoms with E-state index in [1.165, 1.54) is 5.56 Å². The summed E-state index contributed by atoms with van der Waals surface area (Å²) >= 11 is 3.51. The van der Waals surface area contributed by atoms with Crippen molar-refractivity contribution in [2.75, 3.05) is 13.7 Å². The van der Waals surface area contributed by atoms with Gasteiger partial charge in [-0.25, -0.2) is 0 Å². The van der Waals surface area contributed by atoms with E-state index in [0.29, 0.717) is 12.8 Å². The lowest BCUT2D eigenvalue weighted by atomic mass is 10.0. The van der Waals surface area contributed by atoms with Crippen LogP contribution in [-0.4, -0.2) is 31.0 Å². The maximum atomic E-state index is 10.1. The molecule has 0 amide bonds. The molecule has 0 aliphatic carbocycles. The van der Waals surface area contributed by atoms with Gasteiger partial charge >= 0.3 is 0 Å². The van der Waals surface area contributed by atoms with Gasteiger partial charge in [0.15, 0.2) is 0 Å². The molecule has 1 aliphatic heterocycles. The lowest BCUT2D eigenvalue weighted by Crippen LogP contribution is -2.19. The van der Waals surface area contributed by atoms with Crippen LogP contribution in [0, 0.1) is 0 Å². The van der Waals surface area contributed by atoms with Crippen LogP contribution in [0.3, 0.4) is 0 Å². The van der Waals surface area contributed by atoms with Crippen LogP contribution in [0.25, 0.3) is 0 Å². The number of ether oxygens (including phenoxy) is 2. The molecule has 2 atom stereocenters. The second-order valence-corrected chi connectivity index (χ2v) is 5.71. The standard InChI is InChI=1S/C14H19BrO3/c1-9(17-2)5-13(16)8-11-7-12(15)6-10-3-4-18-14(10)11/h6-7,9,13,16H,3-5,8H2,1-2H3. The SMILES string of the molecule is COC(C)CC(O)Cc1cc(Br)cc2c1OCC2. The first-order valence-corrected chi connectivity index (χ1v) is 7.04. The summed E-state index contributed by atoms with van der Waals surface area (Å²) in [6, 6.07) is 4.13. The van der Waals surface area contributed by atoms with Crippen molar-refractivity contribution in [3.05, 3.63) is 27.7 Å². The number of methoxy groups -OCH3 is 1. The summed E-state index contributed by atoms with van der Waals surface area (Å²) in [5.74, 6) is 0.960.